The summed E-state index contributed by atoms with van der Waals surface area (Å²) in [7, 11) is 1.53. The predicted molar refractivity (Wildman–Crippen MR) is 132 cm³/mol. The Hall–Kier alpha value is -4.53. The number of benzene rings is 2. The average Bonchev–Trinajstić information content (AvgIpc) is 3.57. The van der Waals surface area contributed by atoms with Gasteiger partial charge < -0.3 is 9.15 Å². The number of aryl methyl sites for hydroxylation is 2. The van der Waals surface area contributed by atoms with Crippen LogP contribution in [0, 0.1) is 6.92 Å². The molecule has 0 spiro atoms. The second-order valence-electron chi connectivity index (χ2n) is 8.64. The number of rotatable bonds is 6. The van der Waals surface area contributed by atoms with E-state index in [9.17, 15) is 14.4 Å². The lowest BCUT2D eigenvalue weighted by molar-refractivity contribution is -0.152. The molecular formula is C27H24N4O5. The van der Waals surface area contributed by atoms with Crippen LogP contribution >= 0.6 is 0 Å². The summed E-state index contributed by atoms with van der Waals surface area (Å²) in [5.74, 6) is -0.498. The molecule has 36 heavy (non-hydrogen) atoms. The molecule has 0 saturated carbocycles. The Kier molecular flexibility index (Phi) is 6.20. The standard InChI is InChI=1S/C27H24N4O5/c1-17-9-11-18(12-10-17)21-14-23(24-8-5-13-35-24)31(29-21)25(32)16-36-26(33)15-22-19-6-3-4-7-20(19)27(34)30(2)28-22/h3-13,23H,14-16H2,1-2H3. The van der Waals surface area contributed by atoms with Crippen LogP contribution in [0.5, 0.6) is 0 Å². The lowest BCUT2D eigenvalue weighted by Crippen LogP contribution is -2.31. The van der Waals surface area contributed by atoms with Gasteiger partial charge in [-0.2, -0.15) is 10.2 Å². The monoisotopic (exact) mass is 484 g/mol. The molecule has 3 heterocycles. The molecule has 1 aliphatic rings. The number of carbonyl (C=O) groups excluding carboxylic acids is 2. The maximum absolute atomic E-state index is 13.1. The Morgan fingerprint density at radius 3 is 2.53 bits per heavy atom. The molecule has 182 valence electrons. The fourth-order valence-corrected chi connectivity index (χ4v) is 4.27. The molecule has 5 rings (SSSR count). The van der Waals surface area contributed by atoms with Crippen molar-refractivity contribution >= 4 is 28.4 Å². The van der Waals surface area contributed by atoms with E-state index in [4.69, 9.17) is 9.15 Å². The minimum absolute atomic E-state index is 0.179. The first-order valence-electron chi connectivity index (χ1n) is 11.5. The van der Waals surface area contributed by atoms with Crippen molar-refractivity contribution in [3.63, 3.8) is 0 Å². The fraction of sp³-hybridized carbons (Fsp3) is 0.222. The van der Waals surface area contributed by atoms with Crippen molar-refractivity contribution in [2.45, 2.75) is 25.8 Å². The topological polar surface area (TPSA) is 107 Å². The van der Waals surface area contributed by atoms with E-state index in [0.29, 0.717) is 28.6 Å². The highest BCUT2D eigenvalue weighted by molar-refractivity contribution is 6.03. The number of furan rings is 1. The van der Waals surface area contributed by atoms with Crippen LogP contribution in [0.1, 0.15) is 35.0 Å². The number of hydrogen-bond acceptors (Lipinski definition) is 7. The van der Waals surface area contributed by atoms with Crippen molar-refractivity contribution in [3.8, 4) is 0 Å². The van der Waals surface area contributed by atoms with Gasteiger partial charge in [-0.3, -0.25) is 14.4 Å². The lowest BCUT2D eigenvalue weighted by Gasteiger charge is -2.19. The first-order chi connectivity index (χ1) is 17.4. The Balaban J connectivity index is 1.31. The summed E-state index contributed by atoms with van der Waals surface area (Å²) in [5, 5.41) is 11.1. The summed E-state index contributed by atoms with van der Waals surface area (Å²) < 4.78 is 12.1. The number of carbonyl (C=O) groups is 2. The number of esters is 1. The number of ether oxygens (including phenoxy) is 1. The van der Waals surface area contributed by atoms with Crippen LogP contribution in [0.4, 0.5) is 0 Å². The predicted octanol–water partition coefficient (Wildman–Crippen LogP) is 3.30. The van der Waals surface area contributed by atoms with E-state index in [0.717, 1.165) is 16.8 Å². The maximum Gasteiger partial charge on any atom is 0.312 e. The summed E-state index contributed by atoms with van der Waals surface area (Å²) >= 11 is 0. The summed E-state index contributed by atoms with van der Waals surface area (Å²) in [6, 6.07) is 18.0. The molecule has 0 bridgehead atoms. The van der Waals surface area contributed by atoms with Gasteiger partial charge in [0, 0.05) is 18.9 Å². The van der Waals surface area contributed by atoms with Crippen molar-refractivity contribution in [2.24, 2.45) is 12.1 Å². The zero-order chi connectivity index (χ0) is 25.2. The molecule has 0 N–H and O–H groups in total. The van der Waals surface area contributed by atoms with Crippen molar-refractivity contribution in [1.29, 1.82) is 0 Å². The van der Waals surface area contributed by atoms with Crippen molar-refractivity contribution in [3.05, 3.63) is 99.9 Å². The molecule has 2 aromatic carbocycles. The van der Waals surface area contributed by atoms with Gasteiger partial charge in [-0.05, 0) is 30.7 Å². The molecular weight excluding hydrogens is 460 g/mol. The van der Waals surface area contributed by atoms with E-state index in [1.54, 1.807) is 42.7 Å². The highest BCUT2D eigenvalue weighted by Gasteiger charge is 2.35. The molecule has 0 radical (unpaired) electrons. The molecule has 1 unspecified atom stereocenters. The van der Waals surface area contributed by atoms with E-state index in [1.165, 1.54) is 16.7 Å². The molecule has 0 aliphatic carbocycles. The number of nitrogens with zero attached hydrogens (tertiary/aromatic N) is 4. The van der Waals surface area contributed by atoms with Crippen molar-refractivity contribution in [1.82, 2.24) is 14.8 Å². The summed E-state index contributed by atoms with van der Waals surface area (Å²) in [6.07, 6.45) is 1.85. The van der Waals surface area contributed by atoms with E-state index < -0.39 is 24.5 Å². The van der Waals surface area contributed by atoms with E-state index in [-0.39, 0.29) is 12.0 Å². The van der Waals surface area contributed by atoms with Gasteiger partial charge in [-0.15, -0.1) is 0 Å². The molecule has 9 nitrogen and oxygen atoms in total. The minimum atomic E-state index is -0.629. The van der Waals surface area contributed by atoms with Gasteiger partial charge in [0.15, 0.2) is 6.61 Å². The van der Waals surface area contributed by atoms with Crippen LogP contribution in [-0.2, 0) is 27.8 Å². The third-order valence-electron chi connectivity index (χ3n) is 6.12. The van der Waals surface area contributed by atoms with Gasteiger partial charge in [-0.1, -0.05) is 48.0 Å². The van der Waals surface area contributed by atoms with Crippen LogP contribution in [0.3, 0.4) is 0 Å². The zero-order valence-electron chi connectivity index (χ0n) is 19.9. The average molecular weight is 485 g/mol. The highest BCUT2D eigenvalue weighted by Crippen LogP contribution is 2.33. The molecule has 0 saturated heterocycles. The first kappa shape index (κ1) is 23.2. The third kappa shape index (κ3) is 4.55. The van der Waals surface area contributed by atoms with Gasteiger partial charge in [0.2, 0.25) is 0 Å². The maximum atomic E-state index is 13.1. The number of hydrazone groups is 1. The van der Waals surface area contributed by atoms with Gasteiger partial charge in [0.05, 0.1) is 29.5 Å². The van der Waals surface area contributed by atoms with Gasteiger partial charge in [0.25, 0.3) is 11.5 Å². The molecule has 0 fully saturated rings. The second kappa shape index (κ2) is 9.61. The van der Waals surface area contributed by atoms with Crippen LogP contribution in [0.25, 0.3) is 10.8 Å². The summed E-state index contributed by atoms with van der Waals surface area (Å²) in [4.78, 5) is 38.0. The smallest absolute Gasteiger partial charge is 0.312 e. The second-order valence-corrected chi connectivity index (χ2v) is 8.64. The zero-order valence-corrected chi connectivity index (χ0v) is 19.9. The van der Waals surface area contributed by atoms with E-state index in [1.807, 2.05) is 31.2 Å². The summed E-state index contributed by atoms with van der Waals surface area (Å²) in [5.41, 5.74) is 2.94. The van der Waals surface area contributed by atoms with Crippen LogP contribution in [0.2, 0.25) is 0 Å². The molecule has 1 amide bonds. The Morgan fingerprint density at radius 1 is 1.06 bits per heavy atom. The van der Waals surface area contributed by atoms with Gasteiger partial charge >= 0.3 is 5.97 Å². The first-order valence-corrected chi connectivity index (χ1v) is 11.5. The Labute approximate surface area is 206 Å². The SMILES string of the molecule is Cc1ccc(C2=NN(C(=O)COC(=O)Cc3nn(C)c(=O)c4ccccc34)C(c3ccco3)C2)cc1. The van der Waals surface area contributed by atoms with E-state index in [2.05, 4.69) is 10.2 Å². The largest absolute Gasteiger partial charge is 0.467 e. The number of aromatic nitrogens is 2. The van der Waals surface area contributed by atoms with Crippen molar-refractivity contribution < 1.29 is 18.7 Å². The van der Waals surface area contributed by atoms with E-state index >= 15 is 0 Å². The van der Waals surface area contributed by atoms with Crippen LogP contribution < -0.4 is 5.56 Å². The minimum Gasteiger partial charge on any atom is -0.467 e. The molecule has 9 heteroatoms. The quantitative estimate of drug-likeness (QED) is 0.389. The Bertz CT molecular complexity index is 1520. The number of hydrogen-bond donors (Lipinski definition) is 0. The number of amides is 1. The molecule has 1 atom stereocenters. The van der Waals surface area contributed by atoms with Crippen molar-refractivity contribution in [2.75, 3.05) is 6.61 Å². The normalized spacial score (nSPS) is 15.2. The molecule has 1 aliphatic heterocycles. The summed E-state index contributed by atoms with van der Waals surface area (Å²) in [6.45, 7) is 1.52. The lowest BCUT2D eigenvalue weighted by atomic mass is 10.0. The molecule has 2 aromatic heterocycles. The van der Waals surface area contributed by atoms with Gasteiger partial charge in [-0.25, -0.2) is 9.69 Å². The van der Waals surface area contributed by atoms with Crippen LogP contribution in [-0.4, -0.2) is 39.0 Å². The van der Waals surface area contributed by atoms with Gasteiger partial charge in [0.1, 0.15) is 11.8 Å². The third-order valence-corrected chi connectivity index (χ3v) is 6.12. The highest BCUT2D eigenvalue weighted by atomic mass is 16.5. The Morgan fingerprint density at radius 2 is 1.81 bits per heavy atom. The number of fused-ring (bicyclic) bond motifs is 1. The molecule has 4 aromatic rings. The fourth-order valence-electron chi connectivity index (χ4n) is 4.27. The van der Waals surface area contributed by atoms with Crippen LogP contribution in [0.15, 0.2) is 81.2 Å².